The molecule has 0 unspecified atom stereocenters. The van der Waals surface area contributed by atoms with Gasteiger partial charge in [0.1, 0.15) is 42.9 Å². The lowest BCUT2D eigenvalue weighted by atomic mass is 9.83. The molecule has 0 saturated carbocycles. The minimum absolute atomic E-state index is 0.00600. The topological polar surface area (TPSA) is 242 Å². The zero-order chi connectivity index (χ0) is 45.9. The van der Waals surface area contributed by atoms with E-state index in [0.717, 1.165) is 35.9 Å². The third kappa shape index (κ3) is 12.9. The predicted octanol–water partition coefficient (Wildman–Crippen LogP) is 1.19. The van der Waals surface area contributed by atoms with Crippen LogP contribution in [0.5, 0.6) is 0 Å². The molecule has 0 bridgehead atoms. The Morgan fingerprint density at radius 2 is 1.48 bits per heavy atom. The molecule has 1 aliphatic heterocycles. The molecule has 1 aromatic heterocycles. The summed E-state index contributed by atoms with van der Waals surface area (Å²) in [5.74, 6) is -7.51. The molecule has 8 amide bonds. The zero-order valence-corrected chi connectivity index (χ0v) is 35.1. The van der Waals surface area contributed by atoms with Gasteiger partial charge in [-0.2, -0.15) is 0 Å². The maximum absolute atomic E-state index is 15.1. The van der Waals surface area contributed by atoms with Gasteiger partial charge in [0.25, 0.3) is 11.8 Å². The molecule has 3 aromatic rings. The number of halogens is 2. The summed E-state index contributed by atoms with van der Waals surface area (Å²) >= 11 is 0. The van der Waals surface area contributed by atoms with Crippen molar-refractivity contribution in [1.29, 1.82) is 0 Å². The SMILES string of the molecule is C[C@H](NC(=O)CN1C(=O)C=CC1=O)C(=O)N[C@@H](C)C(=O)N[C@@H](CC(N)=O)C(=O)NCCCN(C(=O)CO)[C@@H](c1cc(-c2cc(F)ccc2F)cn1Cc1ccccc1)C(C)(C)C. The summed E-state index contributed by atoms with van der Waals surface area (Å²) in [4.78, 5) is 103. The number of nitrogens with two attached hydrogens (primary N) is 1. The quantitative estimate of drug-likeness (QED) is 0.0706. The highest BCUT2D eigenvalue weighted by atomic mass is 19.1. The van der Waals surface area contributed by atoms with E-state index in [1.165, 1.54) is 18.7 Å². The molecule has 0 radical (unpaired) electrons. The molecule has 2 heterocycles. The number of hydrogen-bond donors (Lipinski definition) is 6. The molecule has 62 heavy (non-hydrogen) atoms. The summed E-state index contributed by atoms with van der Waals surface area (Å²) in [5, 5.41) is 19.8. The molecular formula is C43H52F2N8O9. The molecule has 7 N–H and O–H groups in total. The molecule has 4 atom stereocenters. The molecule has 1 aliphatic rings. The Hall–Kier alpha value is -6.76. The minimum atomic E-state index is -1.47. The highest BCUT2D eigenvalue weighted by Gasteiger charge is 2.37. The Labute approximate surface area is 357 Å². The van der Waals surface area contributed by atoms with Gasteiger partial charge in [0.05, 0.1) is 12.5 Å². The number of nitrogens with zero attached hydrogens (tertiary/aromatic N) is 3. The third-order valence-corrected chi connectivity index (χ3v) is 9.87. The van der Waals surface area contributed by atoms with Gasteiger partial charge in [-0.05, 0) is 55.5 Å². The molecule has 17 nitrogen and oxygen atoms in total. The summed E-state index contributed by atoms with van der Waals surface area (Å²) in [6.07, 6.45) is 3.20. The highest BCUT2D eigenvalue weighted by molar-refractivity contribution is 6.14. The number of carbonyl (C=O) groups excluding carboxylic acids is 8. The van der Waals surface area contributed by atoms with Crippen LogP contribution in [-0.2, 0) is 44.9 Å². The van der Waals surface area contributed by atoms with Crippen molar-refractivity contribution in [3.8, 4) is 11.1 Å². The summed E-state index contributed by atoms with van der Waals surface area (Å²) < 4.78 is 31.3. The van der Waals surface area contributed by atoms with Crippen LogP contribution in [0.1, 0.15) is 64.8 Å². The van der Waals surface area contributed by atoms with E-state index in [2.05, 4.69) is 21.3 Å². The third-order valence-electron chi connectivity index (χ3n) is 9.87. The molecule has 4 rings (SSSR count). The molecule has 332 valence electrons. The number of amides is 8. The van der Waals surface area contributed by atoms with Crippen LogP contribution in [-0.4, -0.2) is 111 Å². The summed E-state index contributed by atoms with van der Waals surface area (Å²) in [5.41, 5.74) is 6.53. The van der Waals surface area contributed by atoms with Gasteiger partial charge >= 0.3 is 0 Å². The predicted molar refractivity (Wildman–Crippen MR) is 221 cm³/mol. The number of primary amides is 1. The number of aliphatic hydroxyl groups is 1. The standard InChI is InChI=1S/C43H52F2N8O9/c1-25(48-35(56)23-53-36(57)14-15-37(53)58)40(60)49-26(2)41(61)50-32(20-34(46)55)42(62)47-16-9-17-52(38(59)24-54)39(43(3,4)5)33-18-28(30-19-29(44)12-13-31(30)45)22-51(33)21-27-10-7-6-8-11-27/h6-8,10-15,18-19,22,25-26,32,39,54H,9,16-17,20-21,23-24H2,1-5H3,(H2,46,55)(H,47,62)(H,48,56)(H,49,60)(H,50,61)/t25-,26-,32-,39-/m0/s1. The van der Waals surface area contributed by atoms with Crippen molar-refractivity contribution < 1.29 is 52.2 Å². The van der Waals surface area contributed by atoms with Crippen molar-refractivity contribution in [2.45, 2.75) is 78.2 Å². The van der Waals surface area contributed by atoms with Gasteiger partial charge in [0.15, 0.2) is 0 Å². The molecule has 2 aromatic carbocycles. The van der Waals surface area contributed by atoms with Crippen LogP contribution in [0.3, 0.4) is 0 Å². The van der Waals surface area contributed by atoms with Gasteiger partial charge in [-0.1, -0.05) is 51.1 Å². The molecule has 0 saturated heterocycles. The Balaban J connectivity index is 1.44. The van der Waals surface area contributed by atoms with Crippen LogP contribution in [0.4, 0.5) is 8.78 Å². The lowest BCUT2D eigenvalue weighted by molar-refractivity contribution is -0.141. The fourth-order valence-corrected chi connectivity index (χ4v) is 6.88. The van der Waals surface area contributed by atoms with Crippen LogP contribution < -0.4 is 27.0 Å². The van der Waals surface area contributed by atoms with Crippen molar-refractivity contribution in [3.05, 3.63) is 95.8 Å². The molecular weight excluding hydrogens is 811 g/mol. The van der Waals surface area contributed by atoms with Crippen LogP contribution in [0.15, 0.2) is 72.9 Å². The van der Waals surface area contributed by atoms with Crippen LogP contribution in [0, 0.1) is 17.0 Å². The fourth-order valence-electron chi connectivity index (χ4n) is 6.88. The number of rotatable bonds is 20. The Morgan fingerprint density at radius 1 is 0.855 bits per heavy atom. The van der Waals surface area contributed by atoms with Crippen molar-refractivity contribution >= 4 is 47.3 Å². The average Bonchev–Trinajstić information content (AvgIpc) is 3.76. The molecule has 0 aliphatic carbocycles. The Kier molecular flexibility index (Phi) is 16.4. The van der Waals surface area contributed by atoms with E-state index >= 15 is 4.39 Å². The van der Waals surface area contributed by atoms with E-state index in [9.17, 15) is 47.9 Å². The van der Waals surface area contributed by atoms with E-state index in [0.29, 0.717) is 22.7 Å². The van der Waals surface area contributed by atoms with Gasteiger partial charge in [0, 0.05) is 54.8 Å². The number of benzene rings is 2. The number of imide groups is 1. The van der Waals surface area contributed by atoms with Gasteiger partial charge in [-0.15, -0.1) is 0 Å². The second-order valence-corrected chi connectivity index (χ2v) is 15.9. The number of carbonyl (C=O) groups is 8. The first-order chi connectivity index (χ1) is 29.2. The number of aliphatic hydroxyl groups excluding tert-OH is 1. The summed E-state index contributed by atoms with van der Waals surface area (Å²) in [6.45, 7) is 7.01. The zero-order valence-electron chi connectivity index (χ0n) is 35.1. The maximum Gasteiger partial charge on any atom is 0.254 e. The van der Waals surface area contributed by atoms with E-state index in [1.54, 1.807) is 12.3 Å². The Bertz CT molecular complexity index is 2190. The fraction of sp³-hybridized carbons (Fsp3) is 0.395. The number of nitrogens with one attached hydrogen (secondary N) is 4. The van der Waals surface area contributed by atoms with Gasteiger partial charge in [-0.3, -0.25) is 43.3 Å². The summed E-state index contributed by atoms with van der Waals surface area (Å²) in [7, 11) is 0. The van der Waals surface area contributed by atoms with Gasteiger partial charge in [0.2, 0.25) is 35.4 Å². The second-order valence-electron chi connectivity index (χ2n) is 15.9. The lowest BCUT2D eigenvalue weighted by Crippen LogP contribution is -2.56. The van der Waals surface area contributed by atoms with Gasteiger partial charge in [-0.25, -0.2) is 8.78 Å². The number of hydrogen-bond acceptors (Lipinski definition) is 9. The largest absolute Gasteiger partial charge is 0.387 e. The molecule has 0 fully saturated rings. The van der Waals surface area contributed by atoms with E-state index < -0.39 is 108 Å². The van der Waals surface area contributed by atoms with Crippen LogP contribution in [0.2, 0.25) is 0 Å². The van der Waals surface area contributed by atoms with Crippen molar-refractivity contribution in [3.63, 3.8) is 0 Å². The average molecular weight is 863 g/mol. The van der Waals surface area contributed by atoms with Crippen molar-refractivity contribution in [2.24, 2.45) is 11.1 Å². The van der Waals surface area contributed by atoms with Gasteiger partial charge < -0.3 is 41.6 Å². The van der Waals surface area contributed by atoms with Crippen molar-refractivity contribution in [1.82, 2.24) is 35.6 Å². The second kappa shape index (κ2) is 21.2. The first kappa shape index (κ1) is 47.9. The van der Waals surface area contributed by atoms with Crippen LogP contribution >= 0.6 is 0 Å². The Morgan fingerprint density at radius 3 is 2.10 bits per heavy atom. The van der Waals surface area contributed by atoms with E-state index in [4.69, 9.17) is 5.73 Å². The normalized spacial score (nSPS) is 14.4. The molecule has 19 heteroatoms. The van der Waals surface area contributed by atoms with E-state index in [-0.39, 0.29) is 25.1 Å². The maximum atomic E-state index is 15.1. The van der Waals surface area contributed by atoms with Crippen molar-refractivity contribution in [2.75, 3.05) is 26.2 Å². The number of aromatic nitrogens is 1. The summed E-state index contributed by atoms with van der Waals surface area (Å²) in [6, 6.07) is 9.52. The minimum Gasteiger partial charge on any atom is -0.387 e. The lowest BCUT2D eigenvalue weighted by Gasteiger charge is -2.41. The first-order valence-electron chi connectivity index (χ1n) is 19.8. The highest BCUT2D eigenvalue weighted by Crippen LogP contribution is 2.41. The smallest absolute Gasteiger partial charge is 0.254 e. The molecule has 0 spiro atoms. The monoisotopic (exact) mass is 862 g/mol. The first-order valence-corrected chi connectivity index (χ1v) is 19.8. The van der Waals surface area contributed by atoms with E-state index in [1.807, 2.05) is 55.7 Å². The van der Waals surface area contributed by atoms with Crippen LogP contribution in [0.25, 0.3) is 11.1 Å².